The lowest BCUT2D eigenvalue weighted by atomic mass is 9.95. The Morgan fingerprint density at radius 3 is 2.62 bits per heavy atom. The van der Waals surface area contributed by atoms with Gasteiger partial charge in [0.05, 0.1) is 0 Å². The summed E-state index contributed by atoms with van der Waals surface area (Å²) in [6.45, 7) is 2.53. The van der Waals surface area contributed by atoms with E-state index in [1.807, 2.05) is 49.4 Å². The van der Waals surface area contributed by atoms with Gasteiger partial charge in [-0.2, -0.15) is 0 Å². The molecule has 1 heterocycles. The van der Waals surface area contributed by atoms with E-state index >= 15 is 0 Å². The summed E-state index contributed by atoms with van der Waals surface area (Å²) in [5, 5.41) is 3.69. The van der Waals surface area contributed by atoms with Crippen LogP contribution >= 0.6 is 11.6 Å². The molecule has 2 aromatic rings. The fourth-order valence-electron chi connectivity index (χ4n) is 2.20. The van der Waals surface area contributed by atoms with Crippen molar-refractivity contribution in [2.75, 3.05) is 6.54 Å². The minimum absolute atomic E-state index is 0.0317. The van der Waals surface area contributed by atoms with Gasteiger partial charge in [0.15, 0.2) is 0 Å². The van der Waals surface area contributed by atoms with E-state index in [1.165, 1.54) is 0 Å². The number of carbonyl (C=O) groups excluding carboxylic acids is 1. The van der Waals surface area contributed by atoms with Gasteiger partial charge in [0.2, 0.25) is 5.91 Å². The minimum Gasteiger partial charge on any atom is -0.355 e. The van der Waals surface area contributed by atoms with E-state index in [0.29, 0.717) is 18.0 Å². The fourth-order valence-corrected chi connectivity index (χ4v) is 2.33. The molecule has 21 heavy (non-hydrogen) atoms. The first-order valence-corrected chi connectivity index (χ1v) is 7.51. The third-order valence-electron chi connectivity index (χ3n) is 3.30. The summed E-state index contributed by atoms with van der Waals surface area (Å²) in [6, 6.07) is 13.5. The summed E-state index contributed by atoms with van der Waals surface area (Å²) in [7, 11) is 0. The molecule has 1 amide bonds. The molecule has 0 aliphatic rings. The number of pyridine rings is 1. The third-order valence-corrected chi connectivity index (χ3v) is 3.55. The Bertz CT molecular complexity index is 569. The monoisotopic (exact) mass is 302 g/mol. The first-order valence-electron chi connectivity index (χ1n) is 7.13. The van der Waals surface area contributed by atoms with E-state index in [4.69, 9.17) is 11.6 Å². The number of rotatable bonds is 6. The SMILES string of the molecule is CCCC(=O)NCC(c1ccc(Cl)cc1)c1ccccn1. The molecule has 0 fully saturated rings. The topological polar surface area (TPSA) is 42.0 Å². The van der Waals surface area contributed by atoms with Crippen molar-refractivity contribution in [3.63, 3.8) is 0 Å². The summed E-state index contributed by atoms with van der Waals surface area (Å²) in [6.07, 6.45) is 3.17. The maximum atomic E-state index is 11.7. The van der Waals surface area contributed by atoms with Gasteiger partial charge < -0.3 is 5.32 Å². The fraction of sp³-hybridized carbons (Fsp3) is 0.294. The van der Waals surface area contributed by atoms with Crippen LogP contribution in [0.15, 0.2) is 48.7 Å². The maximum absolute atomic E-state index is 11.7. The van der Waals surface area contributed by atoms with Crippen molar-refractivity contribution in [3.05, 3.63) is 64.9 Å². The van der Waals surface area contributed by atoms with Gasteiger partial charge in [-0.15, -0.1) is 0 Å². The van der Waals surface area contributed by atoms with E-state index in [-0.39, 0.29) is 11.8 Å². The Balaban J connectivity index is 2.18. The summed E-state index contributed by atoms with van der Waals surface area (Å²) >= 11 is 5.95. The summed E-state index contributed by atoms with van der Waals surface area (Å²) < 4.78 is 0. The largest absolute Gasteiger partial charge is 0.355 e. The molecule has 0 saturated carbocycles. The van der Waals surface area contributed by atoms with Crippen molar-refractivity contribution in [1.29, 1.82) is 0 Å². The lowest BCUT2D eigenvalue weighted by Crippen LogP contribution is -2.28. The van der Waals surface area contributed by atoms with Crippen molar-refractivity contribution >= 4 is 17.5 Å². The zero-order chi connectivity index (χ0) is 15.1. The van der Waals surface area contributed by atoms with Crippen molar-refractivity contribution in [1.82, 2.24) is 10.3 Å². The number of amides is 1. The van der Waals surface area contributed by atoms with E-state index in [0.717, 1.165) is 17.7 Å². The molecular weight excluding hydrogens is 284 g/mol. The molecule has 3 nitrogen and oxygen atoms in total. The normalized spacial score (nSPS) is 11.9. The van der Waals surface area contributed by atoms with Gasteiger partial charge in [0.1, 0.15) is 0 Å². The summed E-state index contributed by atoms with van der Waals surface area (Å²) in [5.74, 6) is 0.108. The number of carbonyl (C=O) groups is 1. The van der Waals surface area contributed by atoms with Crippen LogP contribution in [0.4, 0.5) is 0 Å². The molecule has 1 N–H and O–H groups in total. The second kappa shape index (κ2) is 7.79. The van der Waals surface area contributed by atoms with Crippen molar-refractivity contribution in [3.8, 4) is 0 Å². The quantitative estimate of drug-likeness (QED) is 0.882. The van der Waals surface area contributed by atoms with Gasteiger partial charge >= 0.3 is 0 Å². The van der Waals surface area contributed by atoms with Crippen LogP contribution in [-0.4, -0.2) is 17.4 Å². The molecule has 1 unspecified atom stereocenters. The molecule has 4 heteroatoms. The number of aromatic nitrogens is 1. The van der Waals surface area contributed by atoms with Crippen LogP contribution in [0.2, 0.25) is 5.02 Å². The third kappa shape index (κ3) is 4.57. The van der Waals surface area contributed by atoms with E-state index in [1.54, 1.807) is 6.20 Å². The average molecular weight is 303 g/mol. The van der Waals surface area contributed by atoms with E-state index in [9.17, 15) is 4.79 Å². The van der Waals surface area contributed by atoms with Gasteiger partial charge in [-0.25, -0.2) is 0 Å². The highest BCUT2D eigenvalue weighted by molar-refractivity contribution is 6.30. The van der Waals surface area contributed by atoms with Gasteiger partial charge in [0, 0.05) is 35.8 Å². The highest BCUT2D eigenvalue weighted by Crippen LogP contribution is 2.23. The van der Waals surface area contributed by atoms with E-state index < -0.39 is 0 Å². The van der Waals surface area contributed by atoms with Crippen LogP contribution in [0.1, 0.15) is 36.9 Å². The Kier molecular flexibility index (Phi) is 5.76. The molecule has 0 spiro atoms. The van der Waals surface area contributed by atoms with E-state index in [2.05, 4.69) is 10.3 Å². The minimum atomic E-state index is 0.0317. The maximum Gasteiger partial charge on any atom is 0.220 e. The first-order chi connectivity index (χ1) is 10.2. The van der Waals surface area contributed by atoms with Gasteiger partial charge in [-0.05, 0) is 36.2 Å². The van der Waals surface area contributed by atoms with Crippen LogP contribution in [-0.2, 0) is 4.79 Å². The molecule has 1 aromatic heterocycles. The van der Waals surface area contributed by atoms with Gasteiger partial charge in [0.25, 0.3) is 0 Å². The van der Waals surface area contributed by atoms with Crippen LogP contribution in [0.3, 0.4) is 0 Å². The number of halogens is 1. The molecule has 0 aliphatic carbocycles. The number of nitrogens with zero attached hydrogens (tertiary/aromatic N) is 1. The number of nitrogens with one attached hydrogen (secondary N) is 1. The van der Waals surface area contributed by atoms with Crippen LogP contribution in [0.25, 0.3) is 0 Å². The zero-order valence-corrected chi connectivity index (χ0v) is 12.8. The second-order valence-corrected chi connectivity index (χ2v) is 5.35. The lowest BCUT2D eigenvalue weighted by Gasteiger charge is -2.18. The zero-order valence-electron chi connectivity index (χ0n) is 12.1. The molecule has 0 bridgehead atoms. The highest BCUT2D eigenvalue weighted by Gasteiger charge is 2.16. The Morgan fingerprint density at radius 2 is 2.00 bits per heavy atom. The first kappa shape index (κ1) is 15.5. The smallest absolute Gasteiger partial charge is 0.220 e. The van der Waals surface area contributed by atoms with Gasteiger partial charge in [-0.3, -0.25) is 9.78 Å². The second-order valence-electron chi connectivity index (χ2n) is 4.91. The Labute approximate surface area is 130 Å². The highest BCUT2D eigenvalue weighted by atomic mass is 35.5. The molecular formula is C17H19ClN2O. The number of hydrogen-bond donors (Lipinski definition) is 1. The standard InChI is InChI=1S/C17H19ClN2O/c1-2-5-17(21)20-12-15(16-6-3-4-11-19-16)13-7-9-14(18)10-8-13/h3-4,6-11,15H,2,5,12H2,1H3,(H,20,21). The number of hydrogen-bond acceptors (Lipinski definition) is 2. The predicted molar refractivity (Wildman–Crippen MR) is 85.4 cm³/mol. The summed E-state index contributed by atoms with van der Waals surface area (Å²) in [5.41, 5.74) is 2.03. The van der Waals surface area contributed by atoms with Crippen LogP contribution < -0.4 is 5.32 Å². The molecule has 110 valence electrons. The number of benzene rings is 1. The lowest BCUT2D eigenvalue weighted by molar-refractivity contribution is -0.121. The predicted octanol–water partition coefficient (Wildman–Crippen LogP) is 3.78. The van der Waals surface area contributed by atoms with Crippen LogP contribution in [0, 0.1) is 0 Å². The van der Waals surface area contributed by atoms with Crippen molar-refractivity contribution < 1.29 is 4.79 Å². The molecule has 1 atom stereocenters. The van der Waals surface area contributed by atoms with Crippen molar-refractivity contribution in [2.24, 2.45) is 0 Å². The average Bonchev–Trinajstić information content (AvgIpc) is 2.50. The molecule has 0 aliphatic heterocycles. The van der Waals surface area contributed by atoms with Gasteiger partial charge in [-0.1, -0.05) is 36.7 Å². The molecule has 0 radical (unpaired) electrons. The molecule has 1 aromatic carbocycles. The van der Waals surface area contributed by atoms with Crippen molar-refractivity contribution in [2.45, 2.75) is 25.7 Å². The molecule has 2 rings (SSSR count). The Hall–Kier alpha value is -1.87. The molecule has 0 saturated heterocycles. The Morgan fingerprint density at radius 1 is 1.24 bits per heavy atom. The summed E-state index contributed by atoms with van der Waals surface area (Å²) in [4.78, 5) is 16.1. The van der Waals surface area contributed by atoms with Crippen LogP contribution in [0.5, 0.6) is 0 Å².